The lowest BCUT2D eigenvalue weighted by Crippen LogP contribution is -2.18. The van der Waals surface area contributed by atoms with Crippen molar-refractivity contribution in [3.05, 3.63) is 47.3 Å². The molecule has 3 aromatic rings. The molecule has 0 aliphatic heterocycles. The minimum Gasteiger partial charge on any atom is -0.464 e. The van der Waals surface area contributed by atoms with Gasteiger partial charge in [0.25, 0.3) is 0 Å². The molecule has 120 valence electrons. The predicted octanol–water partition coefficient (Wildman–Crippen LogP) is 4.01. The highest BCUT2D eigenvalue weighted by atomic mass is 16.3. The van der Waals surface area contributed by atoms with Crippen molar-refractivity contribution in [3.8, 4) is 0 Å². The lowest BCUT2D eigenvalue weighted by molar-refractivity contribution is -0.115. The lowest BCUT2D eigenvalue weighted by Gasteiger charge is -2.11. The van der Waals surface area contributed by atoms with E-state index in [1.807, 2.05) is 26.8 Å². The number of carbonyl (C=O) groups is 1. The molecule has 0 radical (unpaired) electrons. The molecule has 5 nitrogen and oxygen atoms in total. The highest BCUT2D eigenvalue weighted by Gasteiger charge is 2.14. The SMILES string of the molecule is Cc1ccc2c(CC(=O)Nc3ccnn3C(C)C)coc2c1C. The number of anilines is 1. The Bertz CT molecular complexity index is 858. The van der Waals surface area contributed by atoms with Crippen molar-refractivity contribution in [2.45, 2.75) is 40.2 Å². The molecule has 0 saturated heterocycles. The fourth-order valence-corrected chi connectivity index (χ4v) is 2.71. The minimum absolute atomic E-state index is 0.0756. The number of benzene rings is 1. The van der Waals surface area contributed by atoms with Gasteiger partial charge in [0.05, 0.1) is 18.9 Å². The molecule has 3 rings (SSSR count). The molecule has 5 heteroatoms. The van der Waals surface area contributed by atoms with Crippen LogP contribution in [0, 0.1) is 13.8 Å². The van der Waals surface area contributed by atoms with Gasteiger partial charge in [-0.2, -0.15) is 5.10 Å². The maximum atomic E-state index is 12.4. The molecular weight excluding hydrogens is 290 g/mol. The quantitative estimate of drug-likeness (QED) is 0.792. The van der Waals surface area contributed by atoms with Crippen LogP contribution in [0.5, 0.6) is 0 Å². The average Bonchev–Trinajstić information content (AvgIpc) is 3.10. The van der Waals surface area contributed by atoms with Crippen molar-refractivity contribution in [1.29, 1.82) is 0 Å². The molecule has 0 saturated carbocycles. The zero-order valence-corrected chi connectivity index (χ0v) is 13.9. The molecule has 1 amide bonds. The van der Waals surface area contributed by atoms with E-state index in [9.17, 15) is 4.79 Å². The Hall–Kier alpha value is -2.56. The lowest BCUT2D eigenvalue weighted by atomic mass is 10.0. The van der Waals surface area contributed by atoms with E-state index in [4.69, 9.17) is 4.42 Å². The molecule has 1 aromatic carbocycles. The summed E-state index contributed by atoms with van der Waals surface area (Å²) in [6.07, 6.45) is 3.64. The Kier molecular flexibility index (Phi) is 3.94. The summed E-state index contributed by atoms with van der Waals surface area (Å²) in [5, 5.41) is 8.14. The molecule has 2 heterocycles. The van der Waals surface area contributed by atoms with E-state index < -0.39 is 0 Å². The molecule has 23 heavy (non-hydrogen) atoms. The van der Waals surface area contributed by atoms with Gasteiger partial charge in [-0.25, -0.2) is 4.68 Å². The minimum atomic E-state index is -0.0756. The van der Waals surface area contributed by atoms with Crippen LogP contribution in [-0.2, 0) is 11.2 Å². The molecule has 0 aliphatic carbocycles. The van der Waals surface area contributed by atoms with Crippen molar-refractivity contribution in [2.24, 2.45) is 0 Å². The van der Waals surface area contributed by atoms with Crippen molar-refractivity contribution in [2.75, 3.05) is 5.32 Å². The van der Waals surface area contributed by atoms with E-state index in [1.165, 1.54) is 5.56 Å². The van der Waals surface area contributed by atoms with Crippen LogP contribution in [0.15, 0.2) is 35.1 Å². The van der Waals surface area contributed by atoms with Crippen molar-refractivity contribution >= 4 is 22.7 Å². The fraction of sp³-hybridized carbons (Fsp3) is 0.333. The number of nitrogens with one attached hydrogen (secondary N) is 1. The van der Waals surface area contributed by atoms with Gasteiger partial charge in [0.2, 0.25) is 5.91 Å². The third-order valence-corrected chi connectivity index (χ3v) is 4.12. The number of aryl methyl sites for hydroxylation is 2. The largest absolute Gasteiger partial charge is 0.464 e. The second kappa shape index (κ2) is 5.91. The number of furan rings is 1. The van der Waals surface area contributed by atoms with Gasteiger partial charge in [-0.15, -0.1) is 0 Å². The van der Waals surface area contributed by atoms with Crippen LogP contribution in [0.3, 0.4) is 0 Å². The van der Waals surface area contributed by atoms with Gasteiger partial charge in [0.1, 0.15) is 11.4 Å². The molecule has 1 N–H and O–H groups in total. The average molecular weight is 311 g/mol. The summed E-state index contributed by atoms with van der Waals surface area (Å²) in [6, 6.07) is 6.07. The monoisotopic (exact) mass is 311 g/mol. The van der Waals surface area contributed by atoms with E-state index in [1.54, 1.807) is 23.2 Å². The van der Waals surface area contributed by atoms with E-state index >= 15 is 0 Å². The summed E-state index contributed by atoms with van der Waals surface area (Å²) in [6.45, 7) is 8.14. The van der Waals surface area contributed by atoms with E-state index in [0.717, 1.165) is 22.1 Å². The second-order valence-electron chi connectivity index (χ2n) is 6.12. The zero-order valence-electron chi connectivity index (χ0n) is 13.9. The van der Waals surface area contributed by atoms with Crippen LogP contribution in [0.1, 0.15) is 36.6 Å². The van der Waals surface area contributed by atoms with Gasteiger partial charge in [-0.1, -0.05) is 12.1 Å². The third-order valence-electron chi connectivity index (χ3n) is 4.12. The van der Waals surface area contributed by atoms with Crippen molar-refractivity contribution in [3.63, 3.8) is 0 Å². The molecule has 0 aliphatic rings. The molecule has 0 spiro atoms. The fourth-order valence-electron chi connectivity index (χ4n) is 2.71. The number of carbonyl (C=O) groups excluding carboxylic acids is 1. The van der Waals surface area contributed by atoms with E-state index in [0.29, 0.717) is 5.82 Å². The summed E-state index contributed by atoms with van der Waals surface area (Å²) >= 11 is 0. The van der Waals surface area contributed by atoms with Crippen LogP contribution < -0.4 is 5.32 Å². The Morgan fingerprint density at radius 1 is 1.30 bits per heavy atom. The van der Waals surface area contributed by atoms with Gasteiger partial charge in [-0.05, 0) is 38.8 Å². The number of hydrogen-bond acceptors (Lipinski definition) is 3. The zero-order chi connectivity index (χ0) is 16.6. The maximum absolute atomic E-state index is 12.4. The summed E-state index contributed by atoms with van der Waals surface area (Å²) in [4.78, 5) is 12.4. The third kappa shape index (κ3) is 2.86. The van der Waals surface area contributed by atoms with Crippen LogP contribution >= 0.6 is 0 Å². The molecule has 0 atom stereocenters. The van der Waals surface area contributed by atoms with Gasteiger partial charge < -0.3 is 9.73 Å². The molecule has 0 unspecified atom stereocenters. The van der Waals surface area contributed by atoms with Crippen molar-refractivity contribution in [1.82, 2.24) is 9.78 Å². The van der Waals surface area contributed by atoms with E-state index in [2.05, 4.69) is 23.4 Å². The molecule has 0 fully saturated rings. The second-order valence-corrected chi connectivity index (χ2v) is 6.12. The highest BCUT2D eigenvalue weighted by molar-refractivity contribution is 5.95. The highest BCUT2D eigenvalue weighted by Crippen LogP contribution is 2.27. The molecule has 0 bridgehead atoms. The van der Waals surface area contributed by atoms with Gasteiger partial charge >= 0.3 is 0 Å². The topological polar surface area (TPSA) is 60.1 Å². The first-order valence-electron chi connectivity index (χ1n) is 7.77. The van der Waals surface area contributed by atoms with Gasteiger partial charge in [0.15, 0.2) is 0 Å². The van der Waals surface area contributed by atoms with Crippen LogP contribution in [-0.4, -0.2) is 15.7 Å². The Balaban J connectivity index is 1.81. The Labute approximate surface area is 135 Å². The first-order chi connectivity index (χ1) is 11.0. The van der Waals surface area contributed by atoms with Gasteiger partial charge in [-0.3, -0.25) is 4.79 Å². The number of aromatic nitrogens is 2. The number of hydrogen-bond donors (Lipinski definition) is 1. The normalized spacial score (nSPS) is 11.3. The molecule has 2 aromatic heterocycles. The Morgan fingerprint density at radius 2 is 2.09 bits per heavy atom. The van der Waals surface area contributed by atoms with Crippen LogP contribution in [0.25, 0.3) is 11.0 Å². The summed E-state index contributed by atoms with van der Waals surface area (Å²) in [5.74, 6) is 0.637. The van der Waals surface area contributed by atoms with Gasteiger partial charge in [0, 0.05) is 23.1 Å². The van der Waals surface area contributed by atoms with Crippen LogP contribution in [0.4, 0.5) is 5.82 Å². The first-order valence-corrected chi connectivity index (χ1v) is 7.77. The number of fused-ring (bicyclic) bond motifs is 1. The Morgan fingerprint density at radius 3 is 2.83 bits per heavy atom. The summed E-state index contributed by atoms with van der Waals surface area (Å²) in [5.41, 5.74) is 4.06. The maximum Gasteiger partial charge on any atom is 0.230 e. The van der Waals surface area contributed by atoms with Crippen molar-refractivity contribution < 1.29 is 9.21 Å². The smallest absolute Gasteiger partial charge is 0.230 e. The number of nitrogens with zero attached hydrogens (tertiary/aromatic N) is 2. The standard InChI is InChI=1S/C18H21N3O2/c1-11(2)21-16(7-8-19-21)20-17(22)9-14-10-23-18-13(4)12(3)5-6-15(14)18/h5-8,10-11H,9H2,1-4H3,(H,20,22). The molecular formula is C18H21N3O2. The van der Waals surface area contributed by atoms with Crippen LogP contribution in [0.2, 0.25) is 0 Å². The number of rotatable bonds is 4. The predicted molar refractivity (Wildman–Crippen MR) is 90.6 cm³/mol. The number of amides is 1. The van der Waals surface area contributed by atoms with E-state index in [-0.39, 0.29) is 18.4 Å². The summed E-state index contributed by atoms with van der Waals surface area (Å²) < 4.78 is 7.45. The summed E-state index contributed by atoms with van der Waals surface area (Å²) in [7, 11) is 0. The first kappa shape index (κ1) is 15.3.